The summed E-state index contributed by atoms with van der Waals surface area (Å²) in [6, 6.07) is 9.06. The number of thiophene rings is 1. The van der Waals surface area contributed by atoms with Crippen molar-refractivity contribution in [1.29, 1.82) is 0 Å². The monoisotopic (exact) mass is 513 g/mol. The number of aromatic nitrogens is 3. The molecule has 0 aliphatic heterocycles. The zero-order valence-electron chi connectivity index (χ0n) is 17.5. The molecule has 3 aromatic heterocycles. The Morgan fingerprint density at radius 3 is 2.23 bits per heavy atom. The molecule has 4 aromatic rings. The topological polar surface area (TPSA) is 103 Å². The van der Waals surface area contributed by atoms with Crippen molar-refractivity contribution >= 4 is 39.1 Å². The molecule has 35 heavy (non-hydrogen) atoms. The Balaban J connectivity index is 1.93. The smallest absolute Gasteiger partial charge is 0.365 e. The maximum absolute atomic E-state index is 13.5. The Labute approximate surface area is 196 Å². The number of anilines is 1. The van der Waals surface area contributed by atoms with E-state index in [9.17, 15) is 35.9 Å². The molecule has 0 bridgehead atoms. The summed E-state index contributed by atoms with van der Waals surface area (Å²) in [5.74, 6) is -2.20. The van der Waals surface area contributed by atoms with Crippen molar-refractivity contribution in [2.75, 3.05) is 5.32 Å². The van der Waals surface area contributed by atoms with Crippen LogP contribution in [0.1, 0.15) is 31.5 Å². The maximum Gasteiger partial charge on any atom is 0.433 e. The van der Waals surface area contributed by atoms with Gasteiger partial charge < -0.3 is 11.1 Å². The van der Waals surface area contributed by atoms with Gasteiger partial charge in [-0.25, -0.2) is 4.98 Å². The minimum Gasteiger partial charge on any atom is -0.365 e. The first kappa shape index (κ1) is 24.2. The number of primary amides is 1. The van der Waals surface area contributed by atoms with Gasteiger partial charge in [-0.05, 0) is 17.2 Å². The average molecular weight is 513 g/mol. The Morgan fingerprint density at radius 2 is 1.69 bits per heavy atom. The van der Waals surface area contributed by atoms with Crippen molar-refractivity contribution in [2.45, 2.75) is 12.4 Å². The van der Waals surface area contributed by atoms with Crippen LogP contribution in [0.25, 0.3) is 21.3 Å². The van der Waals surface area contributed by atoms with E-state index in [2.05, 4.69) is 15.4 Å². The molecule has 4 rings (SSSR count). The first-order chi connectivity index (χ1) is 16.3. The molecule has 0 radical (unpaired) electrons. The fraction of sp³-hybridized carbons (Fsp3) is 0.143. The predicted octanol–water partition coefficient (Wildman–Crippen LogP) is 5.09. The van der Waals surface area contributed by atoms with Crippen molar-refractivity contribution in [2.24, 2.45) is 12.8 Å². The average Bonchev–Trinajstić information content (AvgIpc) is 3.34. The van der Waals surface area contributed by atoms with E-state index in [0.29, 0.717) is 27.6 Å². The third-order valence-electron chi connectivity index (χ3n) is 4.90. The van der Waals surface area contributed by atoms with Crippen LogP contribution in [-0.4, -0.2) is 26.6 Å². The second kappa shape index (κ2) is 8.37. The number of carbonyl (C=O) groups excluding carboxylic acids is 2. The highest BCUT2D eigenvalue weighted by atomic mass is 32.1. The Morgan fingerprint density at radius 1 is 1.03 bits per heavy atom. The first-order valence-electron chi connectivity index (χ1n) is 9.60. The Kier molecular flexibility index (Phi) is 5.79. The lowest BCUT2D eigenvalue weighted by Crippen LogP contribution is -2.17. The molecule has 3 N–H and O–H groups in total. The summed E-state index contributed by atoms with van der Waals surface area (Å²) in [6.45, 7) is 0. The summed E-state index contributed by atoms with van der Waals surface area (Å²) < 4.78 is 80.3. The molecule has 182 valence electrons. The van der Waals surface area contributed by atoms with E-state index in [1.807, 2.05) is 0 Å². The van der Waals surface area contributed by atoms with Gasteiger partial charge in [-0.1, -0.05) is 30.3 Å². The summed E-state index contributed by atoms with van der Waals surface area (Å²) >= 11 is 0.515. The van der Waals surface area contributed by atoms with Gasteiger partial charge in [0.05, 0.1) is 5.69 Å². The summed E-state index contributed by atoms with van der Waals surface area (Å²) in [6.07, 6.45) is -9.61. The number of halogens is 6. The van der Waals surface area contributed by atoms with Gasteiger partial charge in [0.25, 0.3) is 11.8 Å². The maximum atomic E-state index is 13.5. The molecule has 0 aliphatic carbocycles. The first-order valence-corrected chi connectivity index (χ1v) is 10.4. The number of nitrogens with two attached hydrogens (primary N) is 1. The minimum atomic E-state index is -4.82. The molecule has 3 heterocycles. The van der Waals surface area contributed by atoms with Crippen LogP contribution in [0.4, 0.5) is 32.0 Å². The fourth-order valence-corrected chi connectivity index (χ4v) is 4.41. The summed E-state index contributed by atoms with van der Waals surface area (Å²) in [5, 5.41) is 5.82. The molecule has 0 saturated carbocycles. The number of rotatable bonds is 4. The van der Waals surface area contributed by atoms with Crippen LogP contribution in [-0.2, 0) is 19.4 Å². The van der Waals surface area contributed by atoms with E-state index in [1.165, 1.54) is 12.1 Å². The lowest BCUT2D eigenvalue weighted by molar-refractivity contribution is -0.143. The number of alkyl halides is 6. The van der Waals surface area contributed by atoms with Gasteiger partial charge in [0, 0.05) is 18.5 Å². The Hall–Kier alpha value is -3.94. The number of fused-ring (bicyclic) bond motifs is 1. The number of hydrogen-bond donors (Lipinski definition) is 2. The van der Waals surface area contributed by atoms with Crippen molar-refractivity contribution in [3.8, 4) is 11.1 Å². The van der Waals surface area contributed by atoms with E-state index in [1.54, 1.807) is 18.2 Å². The number of nitrogens with one attached hydrogen (secondary N) is 1. The number of benzene rings is 1. The Bertz CT molecular complexity index is 1460. The van der Waals surface area contributed by atoms with Crippen LogP contribution in [0.5, 0.6) is 0 Å². The molecule has 2 amide bonds. The molecule has 0 saturated heterocycles. The second-order valence-electron chi connectivity index (χ2n) is 7.26. The normalized spacial score (nSPS) is 12.2. The van der Waals surface area contributed by atoms with Gasteiger partial charge in [0.15, 0.2) is 5.69 Å². The zero-order valence-corrected chi connectivity index (χ0v) is 18.3. The van der Waals surface area contributed by atoms with Crippen LogP contribution in [0, 0.1) is 0 Å². The minimum absolute atomic E-state index is 0.0148. The SMILES string of the molecule is Cn1nc(C(=O)Nc2c(C(N)=O)sc3nc(C(F)(F)F)cc(-c4ccccc4)c23)cc1C(F)(F)F. The highest BCUT2D eigenvalue weighted by Crippen LogP contribution is 2.43. The predicted molar refractivity (Wildman–Crippen MR) is 115 cm³/mol. The van der Waals surface area contributed by atoms with Crippen LogP contribution in [0.3, 0.4) is 0 Å². The molecule has 0 spiro atoms. The largest absolute Gasteiger partial charge is 0.433 e. The van der Waals surface area contributed by atoms with Gasteiger partial charge in [-0.2, -0.15) is 31.4 Å². The van der Waals surface area contributed by atoms with Crippen LogP contribution >= 0.6 is 11.3 Å². The number of amides is 2. The molecule has 7 nitrogen and oxygen atoms in total. The number of aryl methyl sites for hydroxylation is 1. The molecule has 1 aromatic carbocycles. The zero-order chi connectivity index (χ0) is 25.7. The second-order valence-corrected chi connectivity index (χ2v) is 8.26. The molecular formula is C21H13F6N5O2S. The van der Waals surface area contributed by atoms with Gasteiger partial charge in [0.1, 0.15) is 21.1 Å². The van der Waals surface area contributed by atoms with E-state index in [0.717, 1.165) is 13.1 Å². The third-order valence-corrected chi connectivity index (χ3v) is 6.00. The summed E-state index contributed by atoms with van der Waals surface area (Å²) in [4.78, 5) is 27.9. The molecule has 0 fully saturated rings. The number of hydrogen-bond acceptors (Lipinski definition) is 5. The molecule has 0 unspecified atom stereocenters. The van der Waals surface area contributed by atoms with E-state index in [4.69, 9.17) is 5.73 Å². The lowest BCUT2D eigenvalue weighted by atomic mass is 10.0. The van der Waals surface area contributed by atoms with Crippen LogP contribution < -0.4 is 11.1 Å². The number of pyridine rings is 1. The highest BCUT2D eigenvalue weighted by molar-refractivity contribution is 7.21. The van der Waals surface area contributed by atoms with Crippen molar-refractivity contribution in [1.82, 2.24) is 14.8 Å². The number of nitrogens with zero attached hydrogens (tertiary/aromatic N) is 3. The quantitative estimate of drug-likeness (QED) is 0.371. The standard InChI is InChI=1S/C21H13F6N5O2S/c1-32-13(21(25,26)27)8-11(31-32)18(34)30-15-14-10(9-5-3-2-4-6-9)7-12(20(22,23)24)29-19(14)35-16(15)17(28)33/h2-8H,1H3,(H2,28,33)(H,30,34). The van der Waals surface area contributed by atoms with Crippen molar-refractivity contribution in [3.05, 3.63) is 64.4 Å². The highest BCUT2D eigenvalue weighted by Gasteiger charge is 2.37. The van der Waals surface area contributed by atoms with Gasteiger partial charge in [-0.15, -0.1) is 11.3 Å². The summed E-state index contributed by atoms with van der Waals surface area (Å²) in [7, 11) is 0.991. The van der Waals surface area contributed by atoms with Gasteiger partial charge in [-0.3, -0.25) is 14.3 Å². The van der Waals surface area contributed by atoms with Crippen molar-refractivity contribution < 1.29 is 35.9 Å². The van der Waals surface area contributed by atoms with Crippen molar-refractivity contribution in [3.63, 3.8) is 0 Å². The third kappa shape index (κ3) is 4.56. The number of carbonyl (C=O) groups is 2. The molecule has 14 heteroatoms. The molecular weight excluding hydrogens is 500 g/mol. The summed E-state index contributed by atoms with van der Waals surface area (Å²) in [5.41, 5.74) is 2.35. The van der Waals surface area contributed by atoms with Crippen LogP contribution in [0.15, 0.2) is 42.5 Å². The van der Waals surface area contributed by atoms with Crippen LogP contribution in [0.2, 0.25) is 0 Å². The van der Waals surface area contributed by atoms with Gasteiger partial charge >= 0.3 is 12.4 Å². The lowest BCUT2D eigenvalue weighted by Gasteiger charge is -2.12. The van der Waals surface area contributed by atoms with E-state index in [-0.39, 0.29) is 26.3 Å². The van der Waals surface area contributed by atoms with Gasteiger partial charge in [0.2, 0.25) is 0 Å². The van der Waals surface area contributed by atoms with E-state index < -0.39 is 41.2 Å². The van der Waals surface area contributed by atoms with E-state index >= 15 is 0 Å². The molecule has 0 atom stereocenters. The molecule has 0 aliphatic rings. The fourth-order valence-electron chi connectivity index (χ4n) is 3.40.